The highest BCUT2D eigenvalue weighted by Crippen LogP contribution is 2.27. The van der Waals surface area contributed by atoms with Crippen molar-refractivity contribution in [2.75, 3.05) is 14.2 Å². The molecule has 2 aromatic rings. The number of benzene rings is 1. The summed E-state index contributed by atoms with van der Waals surface area (Å²) in [6, 6.07) is 5.38. The number of aromatic nitrogens is 4. The van der Waals surface area contributed by atoms with Gasteiger partial charge in [-0.05, 0) is 22.6 Å². The van der Waals surface area contributed by atoms with Gasteiger partial charge < -0.3 is 15.2 Å². The second kappa shape index (κ2) is 4.79. The van der Waals surface area contributed by atoms with Gasteiger partial charge in [-0.25, -0.2) is 0 Å². The molecule has 0 aliphatic heterocycles. The Bertz CT molecular complexity index is 511. The van der Waals surface area contributed by atoms with Crippen LogP contribution in [0.2, 0.25) is 0 Å². The summed E-state index contributed by atoms with van der Waals surface area (Å²) in [6.07, 6.45) is 0. The zero-order valence-electron chi connectivity index (χ0n) is 9.62. The molecule has 0 saturated heterocycles. The van der Waals surface area contributed by atoms with Crippen LogP contribution in [0.25, 0.3) is 5.69 Å². The summed E-state index contributed by atoms with van der Waals surface area (Å²) in [4.78, 5) is 0. The molecule has 90 valence electrons. The molecule has 0 amide bonds. The molecule has 0 radical (unpaired) electrons. The highest BCUT2D eigenvalue weighted by atomic mass is 16.5. The average Bonchev–Trinajstić information content (AvgIpc) is 2.85. The van der Waals surface area contributed by atoms with Crippen molar-refractivity contribution in [1.29, 1.82) is 0 Å². The quantitative estimate of drug-likeness (QED) is 0.810. The van der Waals surface area contributed by atoms with E-state index in [1.54, 1.807) is 26.4 Å². The van der Waals surface area contributed by atoms with Gasteiger partial charge >= 0.3 is 0 Å². The second-order valence-electron chi connectivity index (χ2n) is 3.25. The minimum Gasteiger partial charge on any atom is -0.497 e. The van der Waals surface area contributed by atoms with Crippen molar-refractivity contribution >= 4 is 0 Å². The lowest BCUT2D eigenvalue weighted by Gasteiger charge is -2.10. The standard InChI is InChI=1S/C10H13N5O2/c1-16-7-3-4-8(9(5-7)17-2)15-10(6-11)12-13-14-15/h3-5H,6,11H2,1-2H3. The van der Waals surface area contributed by atoms with Crippen LogP contribution >= 0.6 is 0 Å². The highest BCUT2D eigenvalue weighted by Gasteiger charge is 2.12. The van der Waals surface area contributed by atoms with E-state index in [1.165, 1.54) is 4.68 Å². The Labute approximate surface area is 98.1 Å². The van der Waals surface area contributed by atoms with E-state index in [-0.39, 0.29) is 6.54 Å². The Hall–Kier alpha value is -2.15. The maximum atomic E-state index is 5.55. The number of hydrogen-bond acceptors (Lipinski definition) is 6. The molecule has 7 heteroatoms. The van der Waals surface area contributed by atoms with Gasteiger partial charge in [-0.3, -0.25) is 0 Å². The Morgan fingerprint density at radius 1 is 1.29 bits per heavy atom. The monoisotopic (exact) mass is 235 g/mol. The number of nitrogens with two attached hydrogens (primary N) is 1. The van der Waals surface area contributed by atoms with Gasteiger partial charge in [0.2, 0.25) is 0 Å². The summed E-state index contributed by atoms with van der Waals surface area (Å²) in [5.74, 6) is 1.88. The molecular weight excluding hydrogens is 222 g/mol. The molecule has 1 heterocycles. The van der Waals surface area contributed by atoms with Crippen molar-refractivity contribution in [3.05, 3.63) is 24.0 Å². The van der Waals surface area contributed by atoms with E-state index in [0.29, 0.717) is 17.3 Å². The van der Waals surface area contributed by atoms with Crippen molar-refractivity contribution in [3.63, 3.8) is 0 Å². The molecule has 0 atom stereocenters. The van der Waals surface area contributed by atoms with E-state index >= 15 is 0 Å². The molecule has 1 aromatic heterocycles. The van der Waals surface area contributed by atoms with Crippen LogP contribution in [0, 0.1) is 0 Å². The summed E-state index contributed by atoms with van der Waals surface area (Å²) in [6.45, 7) is 0.252. The third-order valence-corrected chi connectivity index (χ3v) is 2.33. The van der Waals surface area contributed by atoms with Gasteiger partial charge in [0.05, 0.1) is 20.8 Å². The smallest absolute Gasteiger partial charge is 0.170 e. The van der Waals surface area contributed by atoms with Crippen LogP contribution < -0.4 is 15.2 Å². The highest BCUT2D eigenvalue weighted by molar-refractivity contribution is 5.50. The van der Waals surface area contributed by atoms with Crippen LogP contribution in [0.15, 0.2) is 18.2 Å². The zero-order valence-corrected chi connectivity index (χ0v) is 9.62. The number of tetrazole rings is 1. The average molecular weight is 235 g/mol. The van der Waals surface area contributed by atoms with Gasteiger partial charge in [-0.1, -0.05) is 0 Å². The summed E-state index contributed by atoms with van der Waals surface area (Å²) in [5, 5.41) is 11.3. The molecule has 2 N–H and O–H groups in total. The van der Waals surface area contributed by atoms with Crippen LogP contribution in [0.5, 0.6) is 11.5 Å². The normalized spacial score (nSPS) is 10.3. The Kier molecular flexibility index (Phi) is 3.20. The van der Waals surface area contributed by atoms with Crippen LogP contribution in [-0.2, 0) is 6.54 Å². The molecule has 0 bridgehead atoms. The van der Waals surface area contributed by atoms with Crippen molar-refractivity contribution in [2.24, 2.45) is 5.73 Å². The van der Waals surface area contributed by atoms with E-state index in [2.05, 4.69) is 15.5 Å². The minimum absolute atomic E-state index is 0.252. The molecule has 0 fully saturated rings. The number of methoxy groups -OCH3 is 2. The van der Waals surface area contributed by atoms with Crippen LogP contribution in [-0.4, -0.2) is 34.4 Å². The Morgan fingerprint density at radius 3 is 2.76 bits per heavy atom. The van der Waals surface area contributed by atoms with E-state index in [4.69, 9.17) is 15.2 Å². The molecule has 0 unspecified atom stereocenters. The van der Waals surface area contributed by atoms with Gasteiger partial charge in [-0.15, -0.1) is 5.10 Å². The molecule has 1 aromatic carbocycles. The first-order chi connectivity index (χ1) is 8.30. The predicted octanol–water partition coefficient (Wildman–Crippen LogP) is 0.138. The minimum atomic E-state index is 0.252. The molecule has 17 heavy (non-hydrogen) atoms. The topological polar surface area (TPSA) is 88.1 Å². The van der Waals surface area contributed by atoms with Gasteiger partial charge in [-0.2, -0.15) is 4.68 Å². The van der Waals surface area contributed by atoms with E-state index in [9.17, 15) is 0 Å². The lowest BCUT2D eigenvalue weighted by molar-refractivity contribution is 0.392. The lowest BCUT2D eigenvalue weighted by atomic mass is 10.2. The third-order valence-electron chi connectivity index (χ3n) is 2.33. The van der Waals surface area contributed by atoms with Crippen LogP contribution in [0.3, 0.4) is 0 Å². The number of rotatable bonds is 4. The fourth-order valence-electron chi connectivity index (χ4n) is 1.48. The molecule has 0 spiro atoms. The van der Waals surface area contributed by atoms with Gasteiger partial charge in [0, 0.05) is 6.07 Å². The zero-order chi connectivity index (χ0) is 12.3. The van der Waals surface area contributed by atoms with Crippen LogP contribution in [0.1, 0.15) is 5.82 Å². The second-order valence-corrected chi connectivity index (χ2v) is 3.25. The Balaban J connectivity index is 2.51. The SMILES string of the molecule is COc1ccc(-n2nnnc2CN)c(OC)c1. The fourth-order valence-corrected chi connectivity index (χ4v) is 1.48. The predicted molar refractivity (Wildman–Crippen MR) is 60.1 cm³/mol. The van der Waals surface area contributed by atoms with Gasteiger partial charge in [0.25, 0.3) is 0 Å². The first kappa shape index (κ1) is 11.3. The summed E-state index contributed by atoms with van der Waals surface area (Å²) < 4.78 is 11.9. The van der Waals surface area contributed by atoms with Gasteiger partial charge in [0.15, 0.2) is 5.82 Å². The van der Waals surface area contributed by atoms with Crippen LogP contribution in [0.4, 0.5) is 0 Å². The Morgan fingerprint density at radius 2 is 2.12 bits per heavy atom. The number of nitrogens with zero attached hydrogens (tertiary/aromatic N) is 4. The molecule has 2 rings (SSSR count). The van der Waals surface area contributed by atoms with Crippen molar-refractivity contribution in [3.8, 4) is 17.2 Å². The van der Waals surface area contributed by atoms with Crippen molar-refractivity contribution in [1.82, 2.24) is 20.2 Å². The number of ether oxygens (including phenoxy) is 2. The first-order valence-corrected chi connectivity index (χ1v) is 5.00. The first-order valence-electron chi connectivity index (χ1n) is 5.00. The maximum Gasteiger partial charge on any atom is 0.170 e. The molecule has 0 aliphatic carbocycles. The molecule has 0 aliphatic rings. The molecular formula is C10H13N5O2. The van der Waals surface area contributed by atoms with Crippen molar-refractivity contribution in [2.45, 2.75) is 6.54 Å². The third kappa shape index (κ3) is 2.04. The summed E-state index contributed by atoms with van der Waals surface area (Å²) in [7, 11) is 3.17. The lowest BCUT2D eigenvalue weighted by Crippen LogP contribution is -2.09. The summed E-state index contributed by atoms with van der Waals surface area (Å²) in [5.41, 5.74) is 6.27. The largest absolute Gasteiger partial charge is 0.497 e. The van der Waals surface area contributed by atoms with Crippen molar-refractivity contribution < 1.29 is 9.47 Å². The maximum absolute atomic E-state index is 5.55. The van der Waals surface area contributed by atoms with Gasteiger partial charge in [0.1, 0.15) is 17.2 Å². The van der Waals surface area contributed by atoms with E-state index in [1.807, 2.05) is 6.07 Å². The van der Waals surface area contributed by atoms with E-state index < -0.39 is 0 Å². The van der Waals surface area contributed by atoms with E-state index in [0.717, 1.165) is 5.69 Å². The molecule has 7 nitrogen and oxygen atoms in total. The number of hydrogen-bond donors (Lipinski definition) is 1. The summed E-state index contributed by atoms with van der Waals surface area (Å²) >= 11 is 0. The molecule has 0 saturated carbocycles. The fraction of sp³-hybridized carbons (Fsp3) is 0.300.